The van der Waals surface area contributed by atoms with Gasteiger partial charge in [0.15, 0.2) is 5.69 Å². The molecule has 0 spiro atoms. The molecule has 0 saturated heterocycles. The molecular formula is C13H15ClN4O. The van der Waals surface area contributed by atoms with Crippen LogP contribution in [0, 0.1) is 0 Å². The zero-order chi connectivity index (χ0) is 13.8. The second-order valence-electron chi connectivity index (χ2n) is 4.51. The summed E-state index contributed by atoms with van der Waals surface area (Å²) in [6.07, 6.45) is 1.43. The number of hydrogen-bond donors (Lipinski definition) is 1. The third kappa shape index (κ3) is 3.32. The summed E-state index contributed by atoms with van der Waals surface area (Å²) in [6, 6.07) is 7.54. The number of benzene rings is 1. The van der Waals surface area contributed by atoms with E-state index < -0.39 is 0 Å². The molecule has 0 aliphatic heterocycles. The van der Waals surface area contributed by atoms with Crippen LogP contribution in [0.4, 0.5) is 0 Å². The maximum absolute atomic E-state index is 12.3. The monoisotopic (exact) mass is 278 g/mol. The van der Waals surface area contributed by atoms with Crippen LogP contribution in [0.2, 0.25) is 5.02 Å². The van der Waals surface area contributed by atoms with Gasteiger partial charge in [-0.15, -0.1) is 0 Å². The third-order valence-electron chi connectivity index (χ3n) is 2.76. The minimum absolute atomic E-state index is 0.0585. The number of aromatic nitrogens is 3. The van der Waals surface area contributed by atoms with Crippen molar-refractivity contribution < 1.29 is 4.79 Å². The molecule has 0 unspecified atom stereocenters. The van der Waals surface area contributed by atoms with Gasteiger partial charge in [-0.25, -0.2) is 0 Å². The van der Waals surface area contributed by atoms with Crippen LogP contribution in [0.25, 0.3) is 0 Å². The predicted molar refractivity (Wildman–Crippen MR) is 72.8 cm³/mol. The smallest absolute Gasteiger partial charge is 0.276 e. The Morgan fingerprint density at radius 1 is 1.47 bits per heavy atom. The van der Waals surface area contributed by atoms with Gasteiger partial charge < -0.3 is 4.90 Å². The van der Waals surface area contributed by atoms with Crippen LogP contribution in [0.15, 0.2) is 30.5 Å². The first-order chi connectivity index (χ1) is 9.08. The number of rotatable bonds is 4. The lowest BCUT2D eigenvalue weighted by Gasteiger charge is -2.26. The standard InChI is InChI=1S/C13H15ClN4O/c1-9(2)18(13(19)12-7-15-17-16-12)8-10-4-3-5-11(14)6-10/h3-7,9H,8H2,1-2H3,(H,15,16,17). The normalized spacial score (nSPS) is 10.7. The van der Waals surface area contributed by atoms with Gasteiger partial charge in [0, 0.05) is 17.6 Å². The molecule has 1 heterocycles. The molecule has 0 saturated carbocycles. The topological polar surface area (TPSA) is 61.9 Å². The van der Waals surface area contributed by atoms with Crippen molar-refractivity contribution in [2.45, 2.75) is 26.4 Å². The lowest BCUT2D eigenvalue weighted by molar-refractivity contribution is 0.0684. The first-order valence-electron chi connectivity index (χ1n) is 5.99. The molecule has 1 aromatic heterocycles. The van der Waals surface area contributed by atoms with Crippen LogP contribution in [0.1, 0.15) is 29.9 Å². The van der Waals surface area contributed by atoms with Gasteiger partial charge in [-0.05, 0) is 31.5 Å². The molecule has 0 radical (unpaired) electrons. The molecule has 0 bridgehead atoms. The Labute approximate surface area is 116 Å². The average Bonchev–Trinajstić information content (AvgIpc) is 2.88. The minimum Gasteiger partial charge on any atom is -0.330 e. The summed E-state index contributed by atoms with van der Waals surface area (Å²) in [5, 5.41) is 10.6. The van der Waals surface area contributed by atoms with Crippen LogP contribution >= 0.6 is 11.6 Å². The van der Waals surface area contributed by atoms with Crippen molar-refractivity contribution in [3.05, 3.63) is 46.7 Å². The number of carbonyl (C=O) groups is 1. The number of H-pyrrole nitrogens is 1. The molecule has 0 fully saturated rings. The van der Waals surface area contributed by atoms with Crippen molar-refractivity contribution in [2.24, 2.45) is 0 Å². The summed E-state index contributed by atoms with van der Waals surface area (Å²) in [5.74, 6) is -0.149. The number of nitrogens with one attached hydrogen (secondary N) is 1. The fraction of sp³-hybridized carbons (Fsp3) is 0.308. The molecular weight excluding hydrogens is 264 g/mol. The van der Waals surface area contributed by atoms with Gasteiger partial charge in [0.1, 0.15) is 0 Å². The van der Waals surface area contributed by atoms with Gasteiger partial charge in [0.2, 0.25) is 0 Å². The van der Waals surface area contributed by atoms with E-state index >= 15 is 0 Å². The Morgan fingerprint density at radius 3 is 2.84 bits per heavy atom. The van der Waals surface area contributed by atoms with E-state index in [0.717, 1.165) is 5.56 Å². The van der Waals surface area contributed by atoms with Crippen LogP contribution in [0.3, 0.4) is 0 Å². The van der Waals surface area contributed by atoms with Gasteiger partial charge in [0.25, 0.3) is 5.91 Å². The molecule has 1 aromatic carbocycles. The summed E-state index contributed by atoms with van der Waals surface area (Å²) in [7, 11) is 0. The number of halogens is 1. The van der Waals surface area contributed by atoms with E-state index in [1.807, 2.05) is 38.1 Å². The summed E-state index contributed by atoms with van der Waals surface area (Å²) >= 11 is 5.96. The molecule has 2 rings (SSSR count). The quantitative estimate of drug-likeness (QED) is 0.935. The second-order valence-corrected chi connectivity index (χ2v) is 4.95. The number of hydrogen-bond acceptors (Lipinski definition) is 3. The van der Waals surface area contributed by atoms with Crippen LogP contribution in [-0.2, 0) is 6.54 Å². The highest BCUT2D eigenvalue weighted by Crippen LogP contribution is 2.15. The molecule has 1 amide bonds. The molecule has 19 heavy (non-hydrogen) atoms. The summed E-state index contributed by atoms with van der Waals surface area (Å²) in [5.41, 5.74) is 1.30. The minimum atomic E-state index is -0.149. The molecule has 0 atom stereocenters. The Bertz CT molecular complexity index is 554. The van der Waals surface area contributed by atoms with E-state index in [9.17, 15) is 4.79 Å². The fourth-order valence-corrected chi connectivity index (χ4v) is 1.99. The highest BCUT2D eigenvalue weighted by Gasteiger charge is 2.21. The van der Waals surface area contributed by atoms with E-state index in [0.29, 0.717) is 17.3 Å². The van der Waals surface area contributed by atoms with Crippen molar-refractivity contribution in [3.8, 4) is 0 Å². The zero-order valence-electron chi connectivity index (χ0n) is 10.8. The Morgan fingerprint density at radius 2 is 2.26 bits per heavy atom. The first-order valence-corrected chi connectivity index (χ1v) is 6.37. The summed E-state index contributed by atoms with van der Waals surface area (Å²) in [4.78, 5) is 14.0. The van der Waals surface area contributed by atoms with Crippen molar-refractivity contribution in [3.63, 3.8) is 0 Å². The van der Waals surface area contributed by atoms with E-state index in [2.05, 4.69) is 15.4 Å². The largest absolute Gasteiger partial charge is 0.330 e. The van der Waals surface area contributed by atoms with Crippen molar-refractivity contribution in [1.29, 1.82) is 0 Å². The number of aromatic amines is 1. The molecule has 100 valence electrons. The van der Waals surface area contributed by atoms with Crippen LogP contribution < -0.4 is 0 Å². The Hall–Kier alpha value is -1.88. The zero-order valence-corrected chi connectivity index (χ0v) is 11.6. The van der Waals surface area contributed by atoms with Gasteiger partial charge in [-0.2, -0.15) is 15.4 Å². The Kier molecular flexibility index (Phi) is 4.16. The molecule has 6 heteroatoms. The van der Waals surface area contributed by atoms with Crippen LogP contribution in [-0.4, -0.2) is 32.3 Å². The van der Waals surface area contributed by atoms with Crippen molar-refractivity contribution in [1.82, 2.24) is 20.3 Å². The van der Waals surface area contributed by atoms with E-state index in [1.165, 1.54) is 6.20 Å². The van der Waals surface area contributed by atoms with Gasteiger partial charge in [0.05, 0.1) is 6.20 Å². The van der Waals surface area contributed by atoms with E-state index in [1.54, 1.807) is 4.90 Å². The summed E-state index contributed by atoms with van der Waals surface area (Å²) in [6.45, 7) is 4.41. The SMILES string of the molecule is CC(C)N(Cc1cccc(Cl)c1)C(=O)c1cn[nH]n1. The first kappa shape index (κ1) is 13.5. The number of amides is 1. The highest BCUT2D eigenvalue weighted by atomic mass is 35.5. The maximum atomic E-state index is 12.3. The molecule has 0 aliphatic carbocycles. The third-order valence-corrected chi connectivity index (χ3v) is 3.00. The van der Waals surface area contributed by atoms with Gasteiger partial charge in [-0.1, -0.05) is 23.7 Å². The number of nitrogens with zero attached hydrogens (tertiary/aromatic N) is 3. The van der Waals surface area contributed by atoms with E-state index in [-0.39, 0.29) is 11.9 Å². The Balaban J connectivity index is 2.19. The number of carbonyl (C=O) groups excluding carboxylic acids is 1. The van der Waals surface area contributed by atoms with Crippen molar-refractivity contribution in [2.75, 3.05) is 0 Å². The summed E-state index contributed by atoms with van der Waals surface area (Å²) < 4.78 is 0. The van der Waals surface area contributed by atoms with Gasteiger partial charge in [-0.3, -0.25) is 4.79 Å². The van der Waals surface area contributed by atoms with Crippen LogP contribution in [0.5, 0.6) is 0 Å². The van der Waals surface area contributed by atoms with E-state index in [4.69, 9.17) is 11.6 Å². The molecule has 0 aliphatic rings. The van der Waals surface area contributed by atoms with Crippen molar-refractivity contribution >= 4 is 17.5 Å². The molecule has 1 N–H and O–H groups in total. The predicted octanol–water partition coefficient (Wildman–Crippen LogP) is 2.51. The molecule has 5 nitrogen and oxygen atoms in total. The lowest BCUT2D eigenvalue weighted by atomic mass is 10.2. The molecule has 2 aromatic rings. The maximum Gasteiger partial charge on any atom is 0.276 e. The lowest BCUT2D eigenvalue weighted by Crippen LogP contribution is -2.36. The second kappa shape index (κ2) is 5.84. The highest BCUT2D eigenvalue weighted by molar-refractivity contribution is 6.30. The average molecular weight is 279 g/mol. The fourth-order valence-electron chi connectivity index (χ4n) is 1.77. The van der Waals surface area contributed by atoms with Gasteiger partial charge >= 0.3 is 0 Å².